The topological polar surface area (TPSA) is 64.4 Å². The Bertz CT molecular complexity index is 1130. The van der Waals surface area contributed by atoms with E-state index in [2.05, 4.69) is 4.98 Å². The number of rotatable bonds is 6. The molecule has 0 atom stereocenters. The molecule has 2 aromatic heterocycles. The van der Waals surface area contributed by atoms with Crippen molar-refractivity contribution in [1.82, 2.24) is 14.5 Å². The van der Waals surface area contributed by atoms with E-state index in [-0.39, 0.29) is 23.5 Å². The summed E-state index contributed by atoms with van der Waals surface area (Å²) in [5, 5.41) is 0. The van der Waals surface area contributed by atoms with Crippen molar-refractivity contribution in [3.05, 3.63) is 93.2 Å². The number of piperidine rings is 1. The van der Waals surface area contributed by atoms with Crippen molar-refractivity contribution in [3.8, 4) is 5.75 Å². The standard InChI is InChI=1S/C26H29N3O3/c1-19-9-11-22(12-10-19)32-18-23-25(26(31)28-14-6-3-7-15-28)24(30)16-20(2)29(23)17-21-8-4-5-13-27-21/h4-5,8-13,16H,3,6-7,14-15,17-18H2,1-2H3. The Morgan fingerprint density at radius 3 is 2.47 bits per heavy atom. The maximum Gasteiger partial charge on any atom is 0.259 e. The van der Waals surface area contributed by atoms with Crippen LogP contribution in [0.4, 0.5) is 0 Å². The molecule has 1 aliphatic rings. The highest BCUT2D eigenvalue weighted by molar-refractivity contribution is 5.95. The highest BCUT2D eigenvalue weighted by atomic mass is 16.5. The summed E-state index contributed by atoms with van der Waals surface area (Å²) >= 11 is 0. The predicted octanol–water partition coefficient (Wildman–Crippen LogP) is 4.11. The number of pyridine rings is 2. The van der Waals surface area contributed by atoms with Crippen LogP contribution in [0.3, 0.4) is 0 Å². The first-order valence-corrected chi connectivity index (χ1v) is 11.1. The number of aromatic nitrogens is 2. The van der Waals surface area contributed by atoms with E-state index < -0.39 is 0 Å². The van der Waals surface area contributed by atoms with Gasteiger partial charge in [0.15, 0.2) is 5.43 Å². The van der Waals surface area contributed by atoms with Crippen LogP contribution >= 0.6 is 0 Å². The molecule has 3 aromatic rings. The molecule has 1 fully saturated rings. The van der Waals surface area contributed by atoms with Crippen LogP contribution in [0.1, 0.15) is 52.3 Å². The number of ether oxygens (including phenoxy) is 1. The van der Waals surface area contributed by atoms with Gasteiger partial charge >= 0.3 is 0 Å². The molecule has 0 unspecified atom stereocenters. The predicted molar refractivity (Wildman–Crippen MR) is 124 cm³/mol. The van der Waals surface area contributed by atoms with Crippen LogP contribution in [-0.4, -0.2) is 33.4 Å². The first-order valence-electron chi connectivity index (χ1n) is 11.1. The lowest BCUT2D eigenvalue weighted by atomic mass is 10.1. The van der Waals surface area contributed by atoms with E-state index in [9.17, 15) is 9.59 Å². The molecule has 0 radical (unpaired) electrons. The average molecular weight is 432 g/mol. The maximum absolute atomic E-state index is 13.5. The fourth-order valence-corrected chi connectivity index (χ4v) is 4.12. The van der Waals surface area contributed by atoms with Crippen LogP contribution < -0.4 is 10.2 Å². The Morgan fingerprint density at radius 1 is 1.03 bits per heavy atom. The number of likely N-dealkylation sites (tertiary alicyclic amines) is 1. The summed E-state index contributed by atoms with van der Waals surface area (Å²) in [5.74, 6) is 0.497. The van der Waals surface area contributed by atoms with E-state index >= 15 is 0 Å². The van der Waals surface area contributed by atoms with Crippen LogP contribution in [0.5, 0.6) is 5.75 Å². The van der Waals surface area contributed by atoms with Crippen LogP contribution in [0.2, 0.25) is 0 Å². The van der Waals surface area contributed by atoms with Gasteiger partial charge in [-0.05, 0) is 57.4 Å². The third-order valence-electron chi connectivity index (χ3n) is 5.93. The molecule has 3 heterocycles. The summed E-state index contributed by atoms with van der Waals surface area (Å²) in [6.07, 6.45) is 4.80. The van der Waals surface area contributed by atoms with Gasteiger partial charge in [-0.25, -0.2) is 0 Å². The van der Waals surface area contributed by atoms with E-state index in [0.29, 0.717) is 31.1 Å². The Labute approximate surface area is 188 Å². The summed E-state index contributed by atoms with van der Waals surface area (Å²) in [6, 6.07) is 15.1. The van der Waals surface area contributed by atoms with E-state index in [1.807, 2.05) is 60.9 Å². The van der Waals surface area contributed by atoms with Gasteiger partial charge in [0.25, 0.3) is 5.91 Å². The normalized spacial score (nSPS) is 13.8. The molecule has 166 valence electrons. The smallest absolute Gasteiger partial charge is 0.259 e. The minimum Gasteiger partial charge on any atom is -0.487 e. The van der Waals surface area contributed by atoms with Gasteiger partial charge in [-0.1, -0.05) is 23.8 Å². The summed E-state index contributed by atoms with van der Waals surface area (Å²) in [4.78, 5) is 32.8. The number of nitrogens with zero attached hydrogens (tertiary/aromatic N) is 3. The van der Waals surface area contributed by atoms with Gasteiger partial charge in [-0.2, -0.15) is 0 Å². The van der Waals surface area contributed by atoms with Crippen LogP contribution in [-0.2, 0) is 13.2 Å². The zero-order valence-electron chi connectivity index (χ0n) is 18.7. The lowest BCUT2D eigenvalue weighted by molar-refractivity contribution is 0.0718. The monoisotopic (exact) mass is 431 g/mol. The van der Waals surface area contributed by atoms with Crippen LogP contribution in [0.15, 0.2) is 59.5 Å². The molecular weight excluding hydrogens is 402 g/mol. The first-order chi connectivity index (χ1) is 15.5. The largest absolute Gasteiger partial charge is 0.487 e. The van der Waals surface area contributed by atoms with Gasteiger partial charge in [0, 0.05) is 31.0 Å². The number of hydrogen-bond donors (Lipinski definition) is 0. The van der Waals surface area contributed by atoms with E-state index in [1.165, 1.54) is 0 Å². The third-order valence-corrected chi connectivity index (χ3v) is 5.93. The van der Waals surface area contributed by atoms with Crippen molar-refractivity contribution < 1.29 is 9.53 Å². The van der Waals surface area contributed by atoms with Crippen molar-refractivity contribution in [1.29, 1.82) is 0 Å². The third kappa shape index (κ3) is 4.90. The molecule has 0 spiro atoms. The molecule has 1 aromatic carbocycles. The SMILES string of the molecule is Cc1ccc(OCc2c(C(=O)N3CCCCC3)c(=O)cc(C)n2Cc2ccccn2)cc1. The fraction of sp³-hybridized carbons (Fsp3) is 0.346. The molecule has 4 rings (SSSR count). The highest BCUT2D eigenvalue weighted by Gasteiger charge is 2.26. The minimum absolute atomic E-state index is 0.127. The fourth-order valence-electron chi connectivity index (χ4n) is 4.12. The summed E-state index contributed by atoms with van der Waals surface area (Å²) in [7, 11) is 0. The zero-order chi connectivity index (χ0) is 22.5. The molecular formula is C26H29N3O3. The number of hydrogen-bond acceptors (Lipinski definition) is 4. The summed E-state index contributed by atoms with van der Waals surface area (Å²) in [6.45, 7) is 5.86. The molecule has 6 heteroatoms. The number of carbonyl (C=O) groups is 1. The second-order valence-corrected chi connectivity index (χ2v) is 8.33. The van der Waals surface area contributed by atoms with Gasteiger partial charge < -0.3 is 14.2 Å². The highest BCUT2D eigenvalue weighted by Crippen LogP contribution is 2.20. The molecule has 1 saturated heterocycles. The lowest BCUT2D eigenvalue weighted by Crippen LogP contribution is -2.40. The van der Waals surface area contributed by atoms with Crippen molar-refractivity contribution in [2.24, 2.45) is 0 Å². The summed E-state index contributed by atoms with van der Waals surface area (Å²) in [5.41, 5.74) is 3.32. The van der Waals surface area contributed by atoms with Crippen molar-refractivity contribution in [2.45, 2.75) is 46.3 Å². The van der Waals surface area contributed by atoms with E-state index in [1.54, 1.807) is 17.2 Å². The van der Waals surface area contributed by atoms with Crippen LogP contribution in [0, 0.1) is 13.8 Å². The second kappa shape index (κ2) is 9.81. The number of carbonyl (C=O) groups excluding carboxylic acids is 1. The number of benzene rings is 1. The van der Waals surface area contributed by atoms with Gasteiger partial charge in [-0.3, -0.25) is 14.6 Å². The minimum atomic E-state index is -0.252. The average Bonchev–Trinajstić information content (AvgIpc) is 2.81. The second-order valence-electron chi connectivity index (χ2n) is 8.33. The van der Waals surface area contributed by atoms with Crippen molar-refractivity contribution in [3.63, 3.8) is 0 Å². The molecule has 32 heavy (non-hydrogen) atoms. The van der Waals surface area contributed by atoms with E-state index in [0.717, 1.165) is 36.2 Å². The number of aryl methyl sites for hydroxylation is 2. The quantitative estimate of drug-likeness (QED) is 0.589. The Kier molecular flexibility index (Phi) is 6.69. The summed E-state index contributed by atoms with van der Waals surface area (Å²) < 4.78 is 8.04. The molecule has 0 saturated carbocycles. The Hall–Kier alpha value is -3.41. The van der Waals surface area contributed by atoms with Crippen molar-refractivity contribution in [2.75, 3.05) is 13.1 Å². The maximum atomic E-state index is 13.5. The lowest BCUT2D eigenvalue weighted by Gasteiger charge is -2.28. The Morgan fingerprint density at radius 2 is 1.78 bits per heavy atom. The van der Waals surface area contributed by atoms with E-state index in [4.69, 9.17) is 4.74 Å². The van der Waals surface area contributed by atoms with Crippen molar-refractivity contribution >= 4 is 5.91 Å². The molecule has 1 amide bonds. The molecule has 0 N–H and O–H groups in total. The molecule has 1 aliphatic heterocycles. The first kappa shape index (κ1) is 21.8. The van der Waals surface area contributed by atoms with Gasteiger partial charge in [0.05, 0.1) is 17.9 Å². The van der Waals surface area contributed by atoms with Crippen LogP contribution in [0.25, 0.3) is 0 Å². The van der Waals surface area contributed by atoms with Gasteiger partial charge in [0.2, 0.25) is 0 Å². The van der Waals surface area contributed by atoms with Gasteiger partial charge in [-0.15, -0.1) is 0 Å². The molecule has 0 bridgehead atoms. The number of amides is 1. The zero-order valence-corrected chi connectivity index (χ0v) is 18.7. The molecule has 6 nitrogen and oxygen atoms in total. The Balaban J connectivity index is 1.76. The van der Waals surface area contributed by atoms with Gasteiger partial charge in [0.1, 0.15) is 17.9 Å². The molecule has 0 aliphatic carbocycles.